The molecule has 0 atom stereocenters. The highest BCUT2D eigenvalue weighted by Gasteiger charge is 2.17. The minimum Gasteiger partial charge on any atom is -0.421 e. The number of para-hydroxylation sites is 1. The Hall–Kier alpha value is -3.59. The lowest BCUT2D eigenvalue weighted by atomic mass is 10.1. The third kappa shape index (κ3) is 2.81. The number of nitrogens with zero attached hydrogens (tertiary/aromatic N) is 1. The van der Waals surface area contributed by atoms with Gasteiger partial charge in [0.1, 0.15) is 11.1 Å². The first-order chi connectivity index (χ1) is 13.8. The number of aromatic nitrogens is 1. The first kappa shape index (κ1) is 16.6. The van der Waals surface area contributed by atoms with Gasteiger partial charge in [0.15, 0.2) is 0 Å². The van der Waals surface area contributed by atoms with E-state index in [2.05, 4.69) is 34.9 Å². The summed E-state index contributed by atoms with van der Waals surface area (Å²) in [6, 6.07) is 30.4. The van der Waals surface area contributed by atoms with E-state index in [0.717, 1.165) is 28.5 Å². The zero-order valence-electron chi connectivity index (χ0n) is 15.3. The zero-order chi connectivity index (χ0) is 18.9. The van der Waals surface area contributed by atoms with Crippen molar-refractivity contribution in [3.63, 3.8) is 0 Å². The highest BCUT2D eigenvalue weighted by molar-refractivity contribution is 6.05. The first-order valence-electron chi connectivity index (χ1n) is 9.46. The predicted molar refractivity (Wildman–Crippen MR) is 114 cm³/mol. The number of aryl methyl sites for hydroxylation is 2. The Labute approximate surface area is 162 Å². The van der Waals surface area contributed by atoms with Crippen LogP contribution in [0.2, 0.25) is 0 Å². The van der Waals surface area contributed by atoms with Gasteiger partial charge in [0.2, 0.25) is 0 Å². The van der Waals surface area contributed by atoms with Crippen molar-refractivity contribution in [1.29, 1.82) is 0 Å². The molecule has 0 N–H and O–H groups in total. The molecule has 0 spiro atoms. The van der Waals surface area contributed by atoms with Gasteiger partial charge in [0, 0.05) is 23.0 Å². The van der Waals surface area contributed by atoms with Crippen molar-refractivity contribution in [2.45, 2.75) is 13.0 Å². The molecule has 136 valence electrons. The summed E-state index contributed by atoms with van der Waals surface area (Å²) in [6.07, 6.45) is 0.844. The maximum atomic E-state index is 12.9. The normalized spacial score (nSPS) is 11.3. The van der Waals surface area contributed by atoms with Gasteiger partial charge in [-0.3, -0.25) is 0 Å². The van der Waals surface area contributed by atoms with Gasteiger partial charge in [-0.2, -0.15) is 0 Å². The second-order valence-corrected chi connectivity index (χ2v) is 6.93. The minimum atomic E-state index is -0.288. The van der Waals surface area contributed by atoms with Gasteiger partial charge in [-0.25, -0.2) is 4.79 Å². The maximum absolute atomic E-state index is 12.9. The molecule has 5 aromatic rings. The summed E-state index contributed by atoms with van der Waals surface area (Å²) in [7, 11) is 0. The van der Waals surface area contributed by atoms with Crippen molar-refractivity contribution in [1.82, 2.24) is 4.57 Å². The second-order valence-electron chi connectivity index (χ2n) is 6.93. The molecule has 0 radical (unpaired) electrons. The van der Waals surface area contributed by atoms with Crippen LogP contribution < -0.4 is 5.63 Å². The van der Waals surface area contributed by atoms with Crippen molar-refractivity contribution < 1.29 is 4.42 Å². The number of benzene rings is 3. The Bertz CT molecular complexity index is 1320. The van der Waals surface area contributed by atoms with Gasteiger partial charge in [-0.05, 0) is 29.7 Å². The van der Waals surface area contributed by atoms with Crippen LogP contribution in [0, 0.1) is 0 Å². The molecule has 5 rings (SSSR count). The molecule has 3 aromatic carbocycles. The molecule has 2 aromatic heterocycles. The molecule has 0 saturated carbocycles. The Kier molecular flexibility index (Phi) is 4.06. The molecule has 2 heterocycles. The number of hydrogen-bond acceptors (Lipinski definition) is 2. The number of hydrogen-bond donors (Lipinski definition) is 0. The lowest BCUT2D eigenvalue weighted by Gasteiger charge is -2.11. The van der Waals surface area contributed by atoms with Gasteiger partial charge >= 0.3 is 5.63 Å². The van der Waals surface area contributed by atoms with Crippen LogP contribution in [0.25, 0.3) is 33.1 Å². The average Bonchev–Trinajstić information content (AvgIpc) is 3.14. The summed E-state index contributed by atoms with van der Waals surface area (Å²) in [4.78, 5) is 12.9. The van der Waals surface area contributed by atoms with E-state index >= 15 is 0 Å². The van der Waals surface area contributed by atoms with Crippen molar-refractivity contribution in [3.8, 4) is 11.3 Å². The molecule has 0 saturated heterocycles. The van der Waals surface area contributed by atoms with Crippen LogP contribution in [0.5, 0.6) is 0 Å². The Morgan fingerprint density at radius 2 is 1.43 bits per heavy atom. The smallest absolute Gasteiger partial charge is 0.361 e. The van der Waals surface area contributed by atoms with Crippen LogP contribution in [-0.2, 0) is 13.0 Å². The third-order valence-electron chi connectivity index (χ3n) is 5.21. The van der Waals surface area contributed by atoms with Crippen LogP contribution in [0.1, 0.15) is 5.56 Å². The number of rotatable bonds is 4. The van der Waals surface area contributed by atoms with Crippen molar-refractivity contribution in [2.75, 3.05) is 0 Å². The van der Waals surface area contributed by atoms with E-state index in [0.29, 0.717) is 17.6 Å². The van der Waals surface area contributed by atoms with E-state index in [1.807, 2.05) is 60.7 Å². The molecular formula is C25H19NO2. The Morgan fingerprint density at radius 1 is 0.750 bits per heavy atom. The first-order valence-corrected chi connectivity index (χ1v) is 9.46. The largest absolute Gasteiger partial charge is 0.421 e. The van der Waals surface area contributed by atoms with Crippen LogP contribution in [0.3, 0.4) is 0 Å². The highest BCUT2D eigenvalue weighted by Crippen LogP contribution is 2.31. The van der Waals surface area contributed by atoms with Gasteiger partial charge in [-0.15, -0.1) is 0 Å². The fourth-order valence-corrected chi connectivity index (χ4v) is 3.87. The van der Waals surface area contributed by atoms with Crippen LogP contribution in [-0.4, -0.2) is 4.57 Å². The molecule has 0 amide bonds. The van der Waals surface area contributed by atoms with Crippen LogP contribution in [0.4, 0.5) is 0 Å². The third-order valence-corrected chi connectivity index (χ3v) is 5.21. The van der Waals surface area contributed by atoms with Crippen LogP contribution in [0.15, 0.2) is 100 Å². The molecule has 0 aliphatic carbocycles. The molecule has 0 fully saturated rings. The topological polar surface area (TPSA) is 35.1 Å². The predicted octanol–water partition coefficient (Wildman–Crippen LogP) is 5.66. The van der Waals surface area contributed by atoms with Gasteiger partial charge in [-0.1, -0.05) is 78.9 Å². The second kappa shape index (κ2) is 6.86. The monoisotopic (exact) mass is 365 g/mol. The van der Waals surface area contributed by atoms with E-state index in [9.17, 15) is 4.79 Å². The van der Waals surface area contributed by atoms with E-state index < -0.39 is 0 Å². The molecule has 3 nitrogen and oxygen atoms in total. The quantitative estimate of drug-likeness (QED) is 0.385. The van der Waals surface area contributed by atoms with Gasteiger partial charge < -0.3 is 8.98 Å². The molecule has 3 heteroatoms. The van der Waals surface area contributed by atoms with E-state index in [-0.39, 0.29) is 5.63 Å². The Balaban J connectivity index is 1.75. The summed E-state index contributed by atoms with van der Waals surface area (Å²) in [5.41, 5.74) is 4.34. The summed E-state index contributed by atoms with van der Waals surface area (Å²) in [5.74, 6) is 0. The average molecular weight is 365 g/mol. The maximum Gasteiger partial charge on any atom is 0.361 e. The lowest BCUT2D eigenvalue weighted by molar-refractivity contribution is 0.562. The molecular weight excluding hydrogens is 346 g/mol. The van der Waals surface area contributed by atoms with Crippen molar-refractivity contribution in [3.05, 3.63) is 107 Å². The SMILES string of the molecule is O=c1oc2ccccc2c2cc(-c3ccccc3)n(CCc3ccccc3)c12. The Morgan fingerprint density at radius 3 is 2.21 bits per heavy atom. The summed E-state index contributed by atoms with van der Waals surface area (Å²) < 4.78 is 7.75. The molecule has 0 bridgehead atoms. The van der Waals surface area contributed by atoms with E-state index in [1.165, 1.54) is 5.56 Å². The van der Waals surface area contributed by atoms with Crippen molar-refractivity contribution >= 4 is 21.9 Å². The summed E-state index contributed by atoms with van der Waals surface area (Å²) in [5, 5.41) is 1.91. The fourth-order valence-electron chi connectivity index (χ4n) is 3.87. The molecule has 28 heavy (non-hydrogen) atoms. The molecule has 0 unspecified atom stereocenters. The van der Waals surface area contributed by atoms with Gasteiger partial charge in [0.25, 0.3) is 0 Å². The fraction of sp³-hybridized carbons (Fsp3) is 0.0800. The summed E-state index contributed by atoms with van der Waals surface area (Å²) in [6.45, 7) is 0.709. The van der Waals surface area contributed by atoms with Crippen molar-refractivity contribution in [2.24, 2.45) is 0 Å². The lowest BCUT2D eigenvalue weighted by Crippen LogP contribution is -2.10. The number of fused-ring (bicyclic) bond motifs is 3. The standard InChI is InChI=1S/C25H19NO2/c27-25-24-21(20-13-7-8-14-23(20)28-25)17-22(19-11-5-2-6-12-19)26(24)16-15-18-9-3-1-4-10-18/h1-14,17H,15-16H2. The van der Waals surface area contributed by atoms with Gasteiger partial charge in [0.05, 0.1) is 0 Å². The summed E-state index contributed by atoms with van der Waals surface area (Å²) >= 11 is 0. The minimum absolute atomic E-state index is 0.288. The molecule has 0 aliphatic heterocycles. The van der Waals surface area contributed by atoms with Crippen LogP contribution >= 0.6 is 0 Å². The molecule has 0 aliphatic rings. The highest BCUT2D eigenvalue weighted by atomic mass is 16.4. The zero-order valence-corrected chi connectivity index (χ0v) is 15.3. The van der Waals surface area contributed by atoms with E-state index in [4.69, 9.17) is 4.42 Å². The van der Waals surface area contributed by atoms with E-state index in [1.54, 1.807) is 0 Å².